The van der Waals surface area contributed by atoms with Crippen LogP contribution in [0, 0.1) is 11.3 Å². The third kappa shape index (κ3) is 2.39. The Hall–Kier alpha value is -1.79. The lowest BCUT2D eigenvalue weighted by atomic mass is 9.93. The monoisotopic (exact) mass is 259 g/mol. The van der Waals surface area contributed by atoms with Crippen LogP contribution < -0.4 is 0 Å². The van der Waals surface area contributed by atoms with Gasteiger partial charge >= 0.3 is 0 Å². The number of hydrogen-bond acceptors (Lipinski definition) is 2. The predicted octanol–water partition coefficient (Wildman–Crippen LogP) is 3.69. The second-order valence-corrected chi connectivity index (χ2v) is 5.56. The van der Waals surface area contributed by atoms with E-state index in [-0.39, 0.29) is 5.41 Å². The van der Waals surface area contributed by atoms with Gasteiger partial charge in [0.25, 0.3) is 0 Å². The summed E-state index contributed by atoms with van der Waals surface area (Å²) in [6.07, 6.45) is 0. The first-order chi connectivity index (χ1) is 8.41. The van der Waals surface area contributed by atoms with Crippen molar-refractivity contribution in [3.05, 3.63) is 46.7 Å². The van der Waals surface area contributed by atoms with Crippen molar-refractivity contribution in [3.8, 4) is 11.8 Å². The first kappa shape index (κ1) is 12.7. The minimum Gasteiger partial charge on any atom is -0.222 e. The molecular formula is C14H14ClN3. The van der Waals surface area contributed by atoms with E-state index in [1.807, 2.05) is 18.2 Å². The predicted molar refractivity (Wildman–Crippen MR) is 72.0 cm³/mol. The van der Waals surface area contributed by atoms with E-state index in [4.69, 9.17) is 16.9 Å². The molecule has 3 nitrogen and oxygen atoms in total. The molecule has 2 rings (SSSR count). The van der Waals surface area contributed by atoms with Gasteiger partial charge in [0.15, 0.2) is 0 Å². The van der Waals surface area contributed by atoms with E-state index in [9.17, 15) is 0 Å². The smallest absolute Gasteiger partial charge is 0.133 e. The number of halogens is 1. The molecule has 2 aromatic rings. The van der Waals surface area contributed by atoms with Crippen LogP contribution in [0.4, 0.5) is 0 Å². The van der Waals surface area contributed by atoms with E-state index >= 15 is 0 Å². The highest BCUT2D eigenvalue weighted by molar-refractivity contribution is 6.29. The molecule has 0 amide bonds. The quantitative estimate of drug-likeness (QED) is 0.784. The van der Waals surface area contributed by atoms with Crippen LogP contribution in [-0.2, 0) is 5.41 Å². The van der Waals surface area contributed by atoms with Gasteiger partial charge in [-0.1, -0.05) is 32.4 Å². The van der Waals surface area contributed by atoms with E-state index in [0.29, 0.717) is 10.7 Å². The zero-order valence-corrected chi connectivity index (χ0v) is 11.4. The lowest BCUT2D eigenvalue weighted by Crippen LogP contribution is -2.12. The maximum Gasteiger partial charge on any atom is 0.133 e. The lowest BCUT2D eigenvalue weighted by molar-refractivity contribution is 0.560. The van der Waals surface area contributed by atoms with Crippen molar-refractivity contribution in [1.29, 1.82) is 5.26 Å². The number of hydrogen-bond donors (Lipinski definition) is 0. The van der Waals surface area contributed by atoms with Gasteiger partial charge in [0.2, 0.25) is 0 Å². The Balaban J connectivity index is 2.45. The molecule has 1 aromatic heterocycles. The van der Waals surface area contributed by atoms with Gasteiger partial charge in [0.1, 0.15) is 5.15 Å². The normalized spacial score (nSPS) is 11.3. The lowest BCUT2D eigenvalue weighted by Gasteiger charge is -2.14. The SMILES string of the molecule is CC(C)(C)c1cc(Cl)n(-c2ccc(C#N)cc2)n1. The first-order valence-corrected chi connectivity index (χ1v) is 6.06. The van der Waals surface area contributed by atoms with Gasteiger partial charge in [0.05, 0.1) is 23.0 Å². The molecular weight excluding hydrogens is 246 g/mol. The molecule has 92 valence electrons. The number of aromatic nitrogens is 2. The van der Waals surface area contributed by atoms with Crippen LogP contribution in [-0.4, -0.2) is 9.78 Å². The molecule has 0 N–H and O–H groups in total. The Morgan fingerprint density at radius 1 is 1.22 bits per heavy atom. The van der Waals surface area contributed by atoms with Crippen molar-refractivity contribution in [3.63, 3.8) is 0 Å². The molecule has 0 aliphatic rings. The van der Waals surface area contributed by atoms with Gasteiger partial charge in [0, 0.05) is 5.41 Å². The molecule has 0 atom stereocenters. The van der Waals surface area contributed by atoms with E-state index in [1.165, 1.54) is 0 Å². The Labute approximate surface area is 112 Å². The van der Waals surface area contributed by atoms with Crippen LogP contribution in [0.5, 0.6) is 0 Å². The zero-order valence-electron chi connectivity index (χ0n) is 10.6. The van der Waals surface area contributed by atoms with Gasteiger partial charge in [-0.05, 0) is 30.3 Å². The minimum atomic E-state index is -0.0402. The summed E-state index contributed by atoms with van der Waals surface area (Å²) in [6, 6.07) is 11.1. The number of benzene rings is 1. The fraction of sp³-hybridized carbons (Fsp3) is 0.286. The fourth-order valence-electron chi connectivity index (χ4n) is 1.58. The molecule has 4 heteroatoms. The van der Waals surface area contributed by atoms with Crippen molar-refractivity contribution >= 4 is 11.6 Å². The number of nitriles is 1. The van der Waals surface area contributed by atoms with E-state index in [1.54, 1.807) is 16.8 Å². The van der Waals surface area contributed by atoms with E-state index in [0.717, 1.165) is 11.4 Å². The molecule has 0 saturated carbocycles. The molecule has 0 fully saturated rings. The third-order valence-electron chi connectivity index (χ3n) is 2.68. The van der Waals surface area contributed by atoms with E-state index in [2.05, 4.69) is 31.9 Å². The average Bonchev–Trinajstić information content (AvgIpc) is 2.71. The third-order valence-corrected chi connectivity index (χ3v) is 2.94. The van der Waals surface area contributed by atoms with Gasteiger partial charge < -0.3 is 0 Å². The second kappa shape index (κ2) is 4.47. The molecule has 0 unspecified atom stereocenters. The van der Waals surface area contributed by atoms with Gasteiger partial charge in [-0.2, -0.15) is 10.4 Å². The largest absolute Gasteiger partial charge is 0.222 e. The first-order valence-electron chi connectivity index (χ1n) is 5.68. The van der Waals surface area contributed by atoms with Crippen LogP contribution in [0.15, 0.2) is 30.3 Å². The number of nitrogens with zero attached hydrogens (tertiary/aromatic N) is 3. The summed E-state index contributed by atoms with van der Waals surface area (Å²) in [7, 11) is 0. The summed E-state index contributed by atoms with van der Waals surface area (Å²) in [5.41, 5.74) is 2.38. The van der Waals surface area contributed by atoms with Crippen molar-refractivity contribution in [1.82, 2.24) is 9.78 Å². The van der Waals surface area contributed by atoms with Gasteiger partial charge in [-0.15, -0.1) is 0 Å². The molecule has 18 heavy (non-hydrogen) atoms. The highest BCUT2D eigenvalue weighted by atomic mass is 35.5. The van der Waals surface area contributed by atoms with Crippen LogP contribution >= 0.6 is 11.6 Å². The van der Waals surface area contributed by atoms with Crippen LogP contribution in [0.2, 0.25) is 5.15 Å². The molecule has 0 spiro atoms. The number of rotatable bonds is 1. The van der Waals surface area contributed by atoms with Crippen molar-refractivity contribution in [2.75, 3.05) is 0 Å². The van der Waals surface area contributed by atoms with Gasteiger partial charge in [-0.25, -0.2) is 4.68 Å². The van der Waals surface area contributed by atoms with Crippen molar-refractivity contribution < 1.29 is 0 Å². The molecule has 1 heterocycles. The summed E-state index contributed by atoms with van der Waals surface area (Å²) in [4.78, 5) is 0. The van der Waals surface area contributed by atoms with Crippen LogP contribution in [0.3, 0.4) is 0 Å². The van der Waals surface area contributed by atoms with Crippen molar-refractivity contribution in [2.45, 2.75) is 26.2 Å². The standard InChI is InChI=1S/C14H14ClN3/c1-14(2,3)12-8-13(15)18(17-12)11-6-4-10(9-16)5-7-11/h4-8H,1-3H3. The molecule has 0 saturated heterocycles. The Morgan fingerprint density at radius 3 is 2.28 bits per heavy atom. The zero-order chi connectivity index (χ0) is 13.3. The topological polar surface area (TPSA) is 41.6 Å². The van der Waals surface area contributed by atoms with Crippen LogP contribution in [0.1, 0.15) is 32.0 Å². The summed E-state index contributed by atoms with van der Waals surface area (Å²) in [6.45, 7) is 6.28. The molecule has 0 aliphatic carbocycles. The average molecular weight is 260 g/mol. The minimum absolute atomic E-state index is 0.0402. The second-order valence-electron chi connectivity index (χ2n) is 5.17. The molecule has 0 aliphatic heterocycles. The maximum absolute atomic E-state index is 8.77. The molecule has 1 aromatic carbocycles. The molecule has 0 radical (unpaired) electrons. The Morgan fingerprint density at radius 2 is 1.83 bits per heavy atom. The molecule has 0 bridgehead atoms. The van der Waals surface area contributed by atoms with E-state index < -0.39 is 0 Å². The summed E-state index contributed by atoms with van der Waals surface area (Å²) < 4.78 is 1.68. The fourth-order valence-corrected chi connectivity index (χ4v) is 1.82. The summed E-state index contributed by atoms with van der Waals surface area (Å²) in [5, 5.41) is 13.8. The van der Waals surface area contributed by atoms with Crippen molar-refractivity contribution in [2.24, 2.45) is 0 Å². The highest BCUT2D eigenvalue weighted by Gasteiger charge is 2.19. The summed E-state index contributed by atoms with van der Waals surface area (Å²) >= 11 is 6.19. The highest BCUT2D eigenvalue weighted by Crippen LogP contribution is 2.26. The Kier molecular flexibility index (Phi) is 3.14. The maximum atomic E-state index is 8.77. The Bertz CT molecular complexity index is 597. The van der Waals surface area contributed by atoms with Gasteiger partial charge in [-0.3, -0.25) is 0 Å². The summed E-state index contributed by atoms with van der Waals surface area (Å²) in [5.74, 6) is 0. The van der Waals surface area contributed by atoms with Crippen LogP contribution in [0.25, 0.3) is 5.69 Å².